The number of rotatable bonds is 3. The van der Waals surface area contributed by atoms with Crippen LogP contribution in [0.4, 0.5) is 0 Å². The molecule has 4 aromatic rings. The van der Waals surface area contributed by atoms with Crippen molar-refractivity contribution in [2.75, 3.05) is 20.1 Å². The van der Waals surface area contributed by atoms with Gasteiger partial charge in [-0.1, -0.05) is 13.0 Å². The molecule has 192 valence electrons. The SMILES string of the molecule is CCc1nc(C)cn2nc(-c3cc(=O)n4cc(C5CCN(C)CC5)cc(C)c4n3)cc12.Cl.Cl.Cl.Cl. The first-order valence-electron chi connectivity index (χ1n) is 11.0. The summed E-state index contributed by atoms with van der Waals surface area (Å²) in [4.78, 5) is 24.9. The van der Waals surface area contributed by atoms with Crippen LogP contribution in [-0.2, 0) is 6.42 Å². The second-order valence-corrected chi connectivity index (χ2v) is 8.75. The summed E-state index contributed by atoms with van der Waals surface area (Å²) in [6.07, 6.45) is 6.96. The smallest absolute Gasteiger partial charge is 0.258 e. The van der Waals surface area contributed by atoms with Gasteiger partial charge in [0.1, 0.15) is 11.3 Å². The molecule has 35 heavy (non-hydrogen) atoms. The Morgan fingerprint density at radius 3 is 2.29 bits per heavy atom. The van der Waals surface area contributed by atoms with Crippen molar-refractivity contribution in [3.8, 4) is 11.4 Å². The Balaban J connectivity index is 0.00000153. The molecule has 0 amide bonds. The van der Waals surface area contributed by atoms with E-state index in [1.807, 2.05) is 36.8 Å². The fourth-order valence-electron chi connectivity index (χ4n) is 4.66. The van der Waals surface area contributed by atoms with Crippen LogP contribution in [0.1, 0.15) is 48.2 Å². The molecular formula is C24H32Cl4N6O. The number of halogens is 4. The molecule has 0 atom stereocenters. The van der Waals surface area contributed by atoms with Crippen LogP contribution in [0.5, 0.6) is 0 Å². The quantitative estimate of drug-likeness (QED) is 0.349. The van der Waals surface area contributed by atoms with Gasteiger partial charge < -0.3 is 4.90 Å². The van der Waals surface area contributed by atoms with E-state index in [9.17, 15) is 4.79 Å². The number of piperidine rings is 1. The van der Waals surface area contributed by atoms with Crippen LogP contribution >= 0.6 is 49.6 Å². The first-order valence-corrected chi connectivity index (χ1v) is 11.0. The van der Waals surface area contributed by atoms with Gasteiger partial charge in [-0.25, -0.2) is 9.50 Å². The number of aromatic nitrogens is 5. The van der Waals surface area contributed by atoms with E-state index >= 15 is 0 Å². The van der Waals surface area contributed by atoms with Crippen molar-refractivity contribution in [3.63, 3.8) is 0 Å². The van der Waals surface area contributed by atoms with Gasteiger partial charge in [0.05, 0.1) is 28.8 Å². The average Bonchev–Trinajstić information content (AvgIpc) is 3.18. The molecule has 7 nitrogen and oxygen atoms in total. The minimum atomic E-state index is -0.0695. The summed E-state index contributed by atoms with van der Waals surface area (Å²) < 4.78 is 3.54. The maximum Gasteiger partial charge on any atom is 0.258 e. The first-order chi connectivity index (χ1) is 14.9. The monoisotopic (exact) mass is 560 g/mol. The molecule has 0 unspecified atom stereocenters. The van der Waals surface area contributed by atoms with Crippen LogP contribution in [0.25, 0.3) is 22.6 Å². The minimum Gasteiger partial charge on any atom is -0.306 e. The van der Waals surface area contributed by atoms with Crippen molar-refractivity contribution >= 4 is 60.8 Å². The molecule has 5 rings (SSSR count). The number of hydrogen-bond acceptors (Lipinski definition) is 5. The molecule has 0 aromatic carbocycles. The highest BCUT2D eigenvalue weighted by Gasteiger charge is 2.20. The summed E-state index contributed by atoms with van der Waals surface area (Å²) in [5.74, 6) is 0.493. The Labute approximate surface area is 230 Å². The first kappa shape index (κ1) is 31.1. The topological polar surface area (TPSA) is 67.8 Å². The highest BCUT2D eigenvalue weighted by atomic mass is 35.5. The molecule has 0 radical (unpaired) electrons. The van der Waals surface area contributed by atoms with Crippen molar-refractivity contribution in [1.29, 1.82) is 0 Å². The molecule has 0 aliphatic carbocycles. The molecule has 11 heteroatoms. The molecule has 0 saturated carbocycles. The van der Waals surface area contributed by atoms with E-state index in [0.717, 1.165) is 54.8 Å². The molecule has 1 aliphatic heterocycles. The molecule has 0 spiro atoms. The van der Waals surface area contributed by atoms with E-state index < -0.39 is 0 Å². The maximum atomic E-state index is 13.1. The molecule has 4 aromatic heterocycles. The normalized spacial score (nSPS) is 14.1. The molecule has 1 saturated heterocycles. The van der Waals surface area contributed by atoms with E-state index in [-0.39, 0.29) is 55.2 Å². The maximum absolute atomic E-state index is 13.1. The van der Waals surface area contributed by atoms with E-state index in [1.165, 1.54) is 5.56 Å². The molecule has 0 N–H and O–H groups in total. The van der Waals surface area contributed by atoms with Gasteiger partial charge in [-0.3, -0.25) is 14.2 Å². The third-order valence-corrected chi connectivity index (χ3v) is 6.41. The number of likely N-dealkylation sites (tertiary alicyclic amines) is 1. The van der Waals surface area contributed by atoms with Crippen molar-refractivity contribution in [3.05, 3.63) is 63.5 Å². The predicted molar refractivity (Wildman–Crippen MR) is 151 cm³/mol. The zero-order chi connectivity index (χ0) is 21.7. The second kappa shape index (κ2) is 12.4. The van der Waals surface area contributed by atoms with Gasteiger partial charge in [0.2, 0.25) is 0 Å². The standard InChI is InChI=1S/C24H28N6O.4ClH/c1-5-19-22-11-21(27-30(22)13-16(3)25-19)20-12-23(31)29-14-18(10-15(2)24(29)26-20)17-6-8-28(4)9-7-17;;;;/h10-14,17H,5-9H2,1-4H3;4*1H. The van der Waals surface area contributed by atoms with Crippen LogP contribution < -0.4 is 5.56 Å². The van der Waals surface area contributed by atoms with Crippen LogP contribution in [0.2, 0.25) is 0 Å². The van der Waals surface area contributed by atoms with Crippen LogP contribution in [0.3, 0.4) is 0 Å². The molecule has 1 fully saturated rings. The zero-order valence-corrected chi connectivity index (χ0v) is 23.5. The number of fused-ring (bicyclic) bond motifs is 2. The van der Waals surface area contributed by atoms with E-state index in [4.69, 9.17) is 4.98 Å². The summed E-state index contributed by atoms with van der Waals surface area (Å²) in [6.45, 7) is 8.27. The lowest BCUT2D eigenvalue weighted by molar-refractivity contribution is 0.255. The van der Waals surface area contributed by atoms with Crippen molar-refractivity contribution in [1.82, 2.24) is 28.9 Å². The van der Waals surface area contributed by atoms with Gasteiger partial charge in [0.25, 0.3) is 5.56 Å². The number of hydrogen-bond donors (Lipinski definition) is 0. The van der Waals surface area contributed by atoms with Gasteiger partial charge >= 0.3 is 0 Å². The summed E-state index contributed by atoms with van der Waals surface area (Å²) in [5.41, 5.74) is 7.05. The van der Waals surface area contributed by atoms with Gasteiger partial charge in [0.15, 0.2) is 0 Å². The van der Waals surface area contributed by atoms with Crippen molar-refractivity contribution in [2.24, 2.45) is 0 Å². The van der Waals surface area contributed by atoms with Crippen molar-refractivity contribution < 1.29 is 0 Å². The fourth-order valence-corrected chi connectivity index (χ4v) is 4.66. The number of nitrogens with zero attached hydrogens (tertiary/aromatic N) is 6. The Bertz CT molecular complexity index is 1360. The number of pyridine rings is 1. The third kappa shape index (κ3) is 5.92. The molecular weight excluding hydrogens is 530 g/mol. The zero-order valence-electron chi connectivity index (χ0n) is 20.2. The van der Waals surface area contributed by atoms with E-state index in [2.05, 4.69) is 35.0 Å². The van der Waals surface area contributed by atoms with Crippen molar-refractivity contribution in [2.45, 2.75) is 46.0 Å². The van der Waals surface area contributed by atoms with Crippen LogP contribution in [0.15, 0.2) is 35.4 Å². The highest BCUT2D eigenvalue weighted by Crippen LogP contribution is 2.29. The van der Waals surface area contributed by atoms with Gasteiger partial charge in [-0.2, -0.15) is 5.10 Å². The third-order valence-electron chi connectivity index (χ3n) is 6.41. The van der Waals surface area contributed by atoms with E-state index in [0.29, 0.717) is 23.0 Å². The summed E-state index contributed by atoms with van der Waals surface area (Å²) >= 11 is 0. The largest absolute Gasteiger partial charge is 0.306 e. The molecule has 5 heterocycles. The summed E-state index contributed by atoms with van der Waals surface area (Å²) in [7, 11) is 2.16. The Morgan fingerprint density at radius 2 is 1.63 bits per heavy atom. The minimum absolute atomic E-state index is 0. The fraction of sp³-hybridized carbons (Fsp3) is 0.417. The Hall–Kier alpha value is -1.90. The predicted octanol–water partition coefficient (Wildman–Crippen LogP) is 5.08. The van der Waals surface area contributed by atoms with Gasteiger partial charge in [0, 0.05) is 12.3 Å². The Kier molecular flexibility index (Phi) is 11.0. The summed E-state index contributed by atoms with van der Waals surface area (Å²) in [6, 6.07) is 5.78. The highest BCUT2D eigenvalue weighted by molar-refractivity contribution is 5.86. The average molecular weight is 562 g/mol. The van der Waals surface area contributed by atoms with Gasteiger partial charge in [-0.05, 0) is 76.4 Å². The molecule has 0 bridgehead atoms. The number of aryl methyl sites for hydroxylation is 3. The van der Waals surface area contributed by atoms with Gasteiger partial charge in [-0.15, -0.1) is 49.6 Å². The summed E-state index contributed by atoms with van der Waals surface area (Å²) in [5, 5.41) is 4.69. The second-order valence-electron chi connectivity index (χ2n) is 8.75. The van der Waals surface area contributed by atoms with Crippen LogP contribution in [0, 0.1) is 13.8 Å². The Morgan fingerprint density at radius 1 is 0.943 bits per heavy atom. The lowest BCUT2D eigenvalue weighted by Crippen LogP contribution is -2.29. The lowest BCUT2D eigenvalue weighted by atomic mass is 9.90. The van der Waals surface area contributed by atoms with E-state index in [1.54, 1.807) is 10.5 Å². The van der Waals surface area contributed by atoms with Crippen LogP contribution in [-0.4, -0.2) is 49.0 Å². The molecule has 1 aliphatic rings. The lowest BCUT2D eigenvalue weighted by Gasteiger charge is -2.29.